The first-order chi connectivity index (χ1) is 25.4. The number of amides is 1. The van der Waals surface area contributed by atoms with Gasteiger partial charge in [-0.15, -0.1) is 0 Å². The molecule has 0 aliphatic rings. The molecule has 2 N–H and O–H groups in total. The Morgan fingerprint density at radius 3 is 2.19 bits per heavy atom. The summed E-state index contributed by atoms with van der Waals surface area (Å²) in [6.45, 7) is 0. The second-order valence-corrected chi connectivity index (χ2v) is 13.2. The first-order valence-electron chi connectivity index (χ1n) is 15.7. The number of halogens is 4. The highest BCUT2D eigenvalue weighted by Gasteiger charge is 2.28. The second-order valence-electron chi connectivity index (χ2n) is 11.6. The summed E-state index contributed by atoms with van der Waals surface area (Å²) >= 11 is 0. The van der Waals surface area contributed by atoms with Gasteiger partial charge in [-0.3, -0.25) is 14.5 Å². The van der Waals surface area contributed by atoms with Gasteiger partial charge in [-0.1, -0.05) is 42.5 Å². The van der Waals surface area contributed by atoms with Gasteiger partial charge in [-0.25, -0.2) is 31.4 Å². The van der Waals surface area contributed by atoms with Gasteiger partial charge in [0.05, 0.1) is 30.3 Å². The van der Waals surface area contributed by atoms with Crippen LogP contribution in [0.5, 0.6) is 5.75 Å². The van der Waals surface area contributed by atoms with Crippen molar-refractivity contribution in [1.82, 2.24) is 15.3 Å². The van der Waals surface area contributed by atoms with Crippen LogP contribution in [0.1, 0.15) is 15.9 Å². The molecule has 2 heterocycles. The summed E-state index contributed by atoms with van der Waals surface area (Å²) in [7, 11) is -1.95. The van der Waals surface area contributed by atoms with Crippen LogP contribution in [-0.2, 0) is 26.0 Å². The molecule has 0 unspecified atom stereocenters. The molecule has 0 saturated carbocycles. The highest BCUT2D eigenvalue weighted by atomic mass is 32.2. The zero-order valence-electron chi connectivity index (χ0n) is 27.9. The standard InChI is InChI=1S/C38H28F4N4O6S/c1-51-36-28(5-3-7-29(36)39)27-13-10-23(26-6-4-15-44-35(26)27)17-32(38(48)52-2)45-37(47)34-30(40)19-24(20-31(34)41)46-53(49,50)25-11-8-21(9-12-25)22-14-16-43-33(42)18-22/h3-16,18-20,32,46H,17H2,1-2H3,(H,45,47)/t32-/m0/s1. The highest BCUT2D eigenvalue weighted by molar-refractivity contribution is 7.92. The normalized spacial score (nSPS) is 11.9. The predicted octanol–water partition coefficient (Wildman–Crippen LogP) is 6.84. The summed E-state index contributed by atoms with van der Waals surface area (Å²) in [6, 6.07) is 18.9. The fourth-order valence-corrected chi connectivity index (χ4v) is 6.85. The van der Waals surface area contributed by atoms with Crippen molar-refractivity contribution in [3.8, 4) is 28.0 Å². The Bertz CT molecular complexity index is 2460. The first kappa shape index (κ1) is 36.4. The zero-order chi connectivity index (χ0) is 37.9. The molecule has 1 atom stereocenters. The van der Waals surface area contributed by atoms with Crippen molar-refractivity contribution in [3.05, 3.63) is 138 Å². The number of carbonyl (C=O) groups is 2. The minimum Gasteiger partial charge on any atom is -0.493 e. The van der Waals surface area contributed by atoms with Gasteiger partial charge in [0.25, 0.3) is 15.9 Å². The third-order valence-electron chi connectivity index (χ3n) is 8.28. The number of nitrogens with zero attached hydrogens (tertiary/aromatic N) is 2. The largest absolute Gasteiger partial charge is 0.493 e. The summed E-state index contributed by atoms with van der Waals surface area (Å²) in [4.78, 5) is 33.8. The molecule has 4 aromatic carbocycles. The number of methoxy groups -OCH3 is 2. The maximum absolute atomic E-state index is 15.3. The van der Waals surface area contributed by atoms with Gasteiger partial charge in [-0.2, -0.15) is 4.39 Å². The van der Waals surface area contributed by atoms with Gasteiger partial charge in [0.1, 0.15) is 23.2 Å². The Hall–Kier alpha value is -6.35. The monoisotopic (exact) mass is 744 g/mol. The topological polar surface area (TPSA) is 137 Å². The first-order valence-corrected chi connectivity index (χ1v) is 17.2. The SMILES string of the molecule is COC(=O)[C@H](Cc1ccc(-c2cccc(F)c2OC)c2ncccc12)NC(=O)c1c(F)cc(NS(=O)(=O)c2ccc(-c3ccnc(F)c3)cc2)cc1F. The van der Waals surface area contributed by atoms with Gasteiger partial charge in [0, 0.05) is 41.4 Å². The number of para-hydroxylation sites is 1. The lowest BCUT2D eigenvalue weighted by molar-refractivity contribution is -0.142. The van der Waals surface area contributed by atoms with E-state index in [1.807, 2.05) is 0 Å². The highest BCUT2D eigenvalue weighted by Crippen LogP contribution is 2.37. The van der Waals surface area contributed by atoms with Gasteiger partial charge in [0.15, 0.2) is 11.6 Å². The smallest absolute Gasteiger partial charge is 0.328 e. The van der Waals surface area contributed by atoms with Crippen LogP contribution in [-0.4, -0.2) is 50.5 Å². The molecule has 1 amide bonds. The number of nitrogens with one attached hydrogen (secondary N) is 2. The van der Waals surface area contributed by atoms with Gasteiger partial charge in [0.2, 0.25) is 5.95 Å². The maximum atomic E-state index is 15.3. The fraction of sp³-hybridized carbons (Fsp3) is 0.105. The number of hydrogen-bond donors (Lipinski definition) is 2. The van der Waals surface area contributed by atoms with E-state index in [0.29, 0.717) is 50.9 Å². The molecule has 15 heteroatoms. The van der Waals surface area contributed by atoms with E-state index in [0.717, 1.165) is 7.11 Å². The van der Waals surface area contributed by atoms with Gasteiger partial charge >= 0.3 is 5.97 Å². The van der Waals surface area contributed by atoms with Crippen molar-refractivity contribution in [2.45, 2.75) is 17.4 Å². The molecule has 53 heavy (non-hydrogen) atoms. The average Bonchev–Trinajstić information content (AvgIpc) is 3.14. The molecule has 0 fully saturated rings. The third kappa shape index (κ3) is 7.65. The number of ether oxygens (including phenoxy) is 2. The Morgan fingerprint density at radius 1 is 0.774 bits per heavy atom. The number of carbonyl (C=O) groups excluding carboxylic acids is 2. The van der Waals surface area contributed by atoms with Crippen molar-refractivity contribution in [3.63, 3.8) is 0 Å². The Kier molecular flexibility index (Phi) is 10.4. The van der Waals surface area contributed by atoms with Crippen LogP contribution in [0.15, 0.2) is 108 Å². The van der Waals surface area contributed by atoms with Crippen LogP contribution in [0.3, 0.4) is 0 Å². The van der Waals surface area contributed by atoms with E-state index in [2.05, 4.69) is 20.0 Å². The van der Waals surface area contributed by atoms with Crippen LogP contribution < -0.4 is 14.8 Å². The Morgan fingerprint density at radius 2 is 1.51 bits per heavy atom. The minimum atomic E-state index is -4.36. The number of anilines is 1. The predicted molar refractivity (Wildman–Crippen MR) is 187 cm³/mol. The van der Waals surface area contributed by atoms with E-state index >= 15 is 8.78 Å². The molecular formula is C38H28F4N4O6S. The molecule has 270 valence electrons. The second kappa shape index (κ2) is 15.1. The summed E-state index contributed by atoms with van der Waals surface area (Å²) in [6.07, 6.45) is 2.59. The minimum absolute atomic E-state index is 0.00389. The molecule has 0 aliphatic carbocycles. The molecule has 0 saturated heterocycles. The quantitative estimate of drug-likeness (QED) is 0.0836. The third-order valence-corrected chi connectivity index (χ3v) is 9.68. The fourth-order valence-electron chi connectivity index (χ4n) is 5.81. The Balaban J connectivity index is 1.23. The summed E-state index contributed by atoms with van der Waals surface area (Å²) in [5.41, 5.74) is 1.23. The number of sulfonamides is 1. The maximum Gasteiger partial charge on any atom is 0.328 e. The van der Waals surface area contributed by atoms with E-state index in [1.165, 1.54) is 68.0 Å². The molecule has 0 aliphatic heterocycles. The molecule has 6 aromatic rings. The molecule has 10 nitrogen and oxygen atoms in total. The van der Waals surface area contributed by atoms with E-state index in [4.69, 9.17) is 9.47 Å². The number of rotatable bonds is 11. The van der Waals surface area contributed by atoms with E-state index in [-0.39, 0.29) is 17.1 Å². The number of pyridine rings is 2. The zero-order valence-corrected chi connectivity index (χ0v) is 28.7. The van der Waals surface area contributed by atoms with E-state index in [1.54, 1.807) is 30.3 Å². The van der Waals surface area contributed by atoms with Crippen molar-refractivity contribution in [1.29, 1.82) is 0 Å². The number of benzene rings is 4. The van der Waals surface area contributed by atoms with Crippen LogP contribution in [0.4, 0.5) is 23.2 Å². The van der Waals surface area contributed by atoms with Gasteiger partial charge in [-0.05, 0) is 59.2 Å². The average molecular weight is 745 g/mol. The van der Waals surface area contributed by atoms with Crippen molar-refractivity contribution < 1.29 is 45.0 Å². The van der Waals surface area contributed by atoms with Crippen LogP contribution in [0, 0.1) is 23.4 Å². The molecule has 0 radical (unpaired) electrons. The molecular weight excluding hydrogens is 716 g/mol. The van der Waals surface area contributed by atoms with Crippen LogP contribution >= 0.6 is 0 Å². The number of aromatic nitrogens is 2. The van der Waals surface area contributed by atoms with E-state index in [9.17, 15) is 26.8 Å². The number of esters is 1. The molecule has 0 spiro atoms. The molecule has 2 aromatic heterocycles. The lowest BCUT2D eigenvalue weighted by atomic mass is 9.94. The van der Waals surface area contributed by atoms with Crippen LogP contribution in [0.25, 0.3) is 33.2 Å². The molecule has 6 rings (SSSR count). The van der Waals surface area contributed by atoms with Crippen LogP contribution in [0.2, 0.25) is 0 Å². The Labute approximate surface area is 300 Å². The number of fused-ring (bicyclic) bond motifs is 1. The molecule has 0 bridgehead atoms. The lowest BCUT2D eigenvalue weighted by Crippen LogP contribution is -2.43. The summed E-state index contributed by atoms with van der Waals surface area (Å²) in [5, 5.41) is 2.85. The van der Waals surface area contributed by atoms with Gasteiger partial charge < -0.3 is 14.8 Å². The lowest BCUT2D eigenvalue weighted by Gasteiger charge is -2.19. The summed E-state index contributed by atoms with van der Waals surface area (Å²) < 4.78 is 97.0. The van der Waals surface area contributed by atoms with Crippen molar-refractivity contribution in [2.75, 3.05) is 18.9 Å². The number of hydrogen-bond acceptors (Lipinski definition) is 8. The summed E-state index contributed by atoms with van der Waals surface area (Å²) in [5.74, 6) is -6.35. The van der Waals surface area contributed by atoms with E-state index < -0.39 is 62.6 Å². The van der Waals surface area contributed by atoms with Crippen molar-refractivity contribution >= 4 is 38.5 Å². The van der Waals surface area contributed by atoms with Crippen molar-refractivity contribution in [2.24, 2.45) is 0 Å².